The van der Waals surface area contributed by atoms with Crippen LogP contribution in [-0.4, -0.2) is 43.1 Å². The third kappa shape index (κ3) is 3.44. The van der Waals surface area contributed by atoms with Gasteiger partial charge in [0.05, 0.1) is 12.7 Å². The van der Waals surface area contributed by atoms with E-state index in [2.05, 4.69) is 5.32 Å². The van der Waals surface area contributed by atoms with Crippen molar-refractivity contribution >= 4 is 29.9 Å². The molecule has 6 heteroatoms. The summed E-state index contributed by atoms with van der Waals surface area (Å²) >= 11 is 5.95. The molecule has 0 radical (unpaired) electrons. The first kappa shape index (κ1) is 16.4. The number of ether oxygens (including phenoxy) is 1. The molecular formula is C15H20Cl2N2O2. The summed E-state index contributed by atoms with van der Waals surface area (Å²) in [6.45, 7) is 1.58. The van der Waals surface area contributed by atoms with E-state index in [0.717, 1.165) is 25.9 Å². The Morgan fingerprint density at radius 3 is 2.86 bits per heavy atom. The number of hydrogen-bond donors (Lipinski definition) is 1. The van der Waals surface area contributed by atoms with Crippen LogP contribution in [0.1, 0.15) is 29.6 Å². The molecule has 0 aliphatic carbocycles. The minimum absolute atomic E-state index is 0. The molecule has 0 spiro atoms. The highest BCUT2D eigenvalue weighted by atomic mass is 35.5. The van der Waals surface area contributed by atoms with E-state index in [4.69, 9.17) is 16.3 Å². The zero-order valence-corrected chi connectivity index (χ0v) is 13.5. The second kappa shape index (κ2) is 6.86. The second-order valence-electron chi connectivity index (χ2n) is 5.52. The average molecular weight is 331 g/mol. The Morgan fingerprint density at radius 2 is 2.10 bits per heavy atom. The van der Waals surface area contributed by atoms with Crippen LogP contribution in [0.3, 0.4) is 0 Å². The van der Waals surface area contributed by atoms with E-state index >= 15 is 0 Å². The lowest BCUT2D eigenvalue weighted by atomic mass is 10.1. The van der Waals surface area contributed by atoms with Gasteiger partial charge < -0.3 is 15.0 Å². The number of amides is 1. The maximum Gasteiger partial charge on any atom is 0.257 e. The number of carbonyl (C=O) groups is 1. The first-order valence-electron chi connectivity index (χ1n) is 7.06. The largest absolute Gasteiger partial charge is 0.496 e. The van der Waals surface area contributed by atoms with E-state index in [-0.39, 0.29) is 18.3 Å². The van der Waals surface area contributed by atoms with Gasteiger partial charge in [-0.15, -0.1) is 12.4 Å². The number of likely N-dealkylation sites (tertiary alicyclic amines) is 1. The van der Waals surface area contributed by atoms with Crippen molar-refractivity contribution in [3.63, 3.8) is 0 Å². The number of fused-ring (bicyclic) bond motifs is 2. The van der Waals surface area contributed by atoms with Crippen LogP contribution in [0.25, 0.3) is 0 Å². The molecule has 0 saturated carbocycles. The quantitative estimate of drug-likeness (QED) is 0.906. The Kier molecular flexibility index (Phi) is 5.36. The van der Waals surface area contributed by atoms with Crippen LogP contribution in [0.4, 0.5) is 0 Å². The zero-order valence-electron chi connectivity index (χ0n) is 12.0. The lowest BCUT2D eigenvalue weighted by Crippen LogP contribution is -2.39. The standard InChI is InChI=1S/C15H19ClN2O2.ClH/c1-20-14-8-10(16)2-5-13(14)15(19)18-7-6-11-3-4-12(9-18)17-11;/h2,5,8,11-12,17H,3-4,6-7,9H2,1H3;1H. The minimum Gasteiger partial charge on any atom is -0.496 e. The van der Waals surface area contributed by atoms with E-state index in [1.165, 1.54) is 6.42 Å². The molecule has 21 heavy (non-hydrogen) atoms. The number of benzene rings is 1. The van der Waals surface area contributed by atoms with Crippen molar-refractivity contribution in [2.45, 2.75) is 31.3 Å². The summed E-state index contributed by atoms with van der Waals surface area (Å²) in [5.41, 5.74) is 0.592. The zero-order chi connectivity index (χ0) is 14.1. The molecule has 1 N–H and O–H groups in total. The van der Waals surface area contributed by atoms with Gasteiger partial charge in [-0.2, -0.15) is 0 Å². The highest BCUT2D eigenvalue weighted by molar-refractivity contribution is 6.30. The molecular weight excluding hydrogens is 311 g/mol. The van der Waals surface area contributed by atoms with Gasteiger partial charge in [0.15, 0.2) is 0 Å². The van der Waals surface area contributed by atoms with Crippen LogP contribution in [0, 0.1) is 0 Å². The lowest BCUT2D eigenvalue weighted by molar-refractivity contribution is 0.0745. The van der Waals surface area contributed by atoms with Crippen LogP contribution < -0.4 is 10.1 Å². The Balaban J connectivity index is 0.00000161. The predicted molar refractivity (Wildman–Crippen MR) is 85.7 cm³/mol. The van der Waals surface area contributed by atoms with E-state index in [1.807, 2.05) is 4.90 Å². The van der Waals surface area contributed by atoms with Crippen molar-refractivity contribution in [3.05, 3.63) is 28.8 Å². The molecule has 2 unspecified atom stereocenters. The van der Waals surface area contributed by atoms with Crippen LogP contribution >= 0.6 is 24.0 Å². The molecule has 2 aliphatic heterocycles. The number of rotatable bonds is 2. The van der Waals surface area contributed by atoms with Crippen LogP contribution in [-0.2, 0) is 0 Å². The number of carbonyl (C=O) groups excluding carboxylic acids is 1. The highest BCUT2D eigenvalue weighted by Crippen LogP contribution is 2.27. The maximum atomic E-state index is 12.7. The van der Waals surface area contributed by atoms with E-state index < -0.39 is 0 Å². The Hall–Kier alpha value is -0.970. The third-order valence-corrected chi connectivity index (χ3v) is 4.44. The molecule has 0 aromatic heterocycles. The fraction of sp³-hybridized carbons (Fsp3) is 0.533. The molecule has 1 aromatic carbocycles. The van der Waals surface area contributed by atoms with Gasteiger partial charge >= 0.3 is 0 Å². The Morgan fingerprint density at radius 1 is 1.33 bits per heavy atom. The number of hydrogen-bond acceptors (Lipinski definition) is 3. The van der Waals surface area contributed by atoms with E-state index in [9.17, 15) is 4.79 Å². The van der Waals surface area contributed by atoms with Crippen molar-refractivity contribution in [3.8, 4) is 5.75 Å². The van der Waals surface area contributed by atoms with Crippen molar-refractivity contribution in [2.75, 3.05) is 20.2 Å². The molecule has 2 saturated heterocycles. The first-order chi connectivity index (χ1) is 9.67. The number of halogens is 2. The summed E-state index contributed by atoms with van der Waals surface area (Å²) in [5, 5.41) is 4.16. The molecule has 2 heterocycles. The molecule has 2 atom stereocenters. The molecule has 116 valence electrons. The molecule has 2 fully saturated rings. The summed E-state index contributed by atoms with van der Waals surface area (Å²) in [6, 6.07) is 6.19. The monoisotopic (exact) mass is 330 g/mol. The van der Waals surface area contributed by atoms with Gasteiger partial charge in [-0.25, -0.2) is 0 Å². The predicted octanol–water partition coefficient (Wildman–Crippen LogP) is 2.74. The van der Waals surface area contributed by atoms with Gasteiger partial charge in [0, 0.05) is 30.2 Å². The molecule has 1 aromatic rings. The number of methoxy groups -OCH3 is 1. The van der Waals surface area contributed by atoms with E-state index in [1.54, 1.807) is 25.3 Å². The van der Waals surface area contributed by atoms with Gasteiger partial charge in [0.2, 0.25) is 0 Å². The van der Waals surface area contributed by atoms with Crippen molar-refractivity contribution in [1.29, 1.82) is 0 Å². The van der Waals surface area contributed by atoms with Crippen molar-refractivity contribution < 1.29 is 9.53 Å². The van der Waals surface area contributed by atoms with Gasteiger partial charge in [0.25, 0.3) is 5.91 Å². The second-order valence-corrected chi connectivity index (χ2v) is 5.96. The lowest BCUT2D eigenvalue weighted by Gasteiger charge is -2.25. The van der Waals surface area contributed by atoms with Gasteiger partial charge in [-0.1, -0.05) is 11.6 Å². The SMILES string of the molecule is COc1cc(Cl)ccc1C(=O)N1CCC2CCC(C1)N2.Cl. The maximum absolute atomic E-state index is 12.7. The summed E-state index contributed by atoms with van der Waals surface area (Å²) in [5.74, 6) is 0.581. The molecule has 4 nitrogen and oxygen atoms in total. The molecule has 2 bridgehead atoms. The highest BCUT2D eigenvalue weighted by Gasteiger charge is 2.32. The fourth-order valence-electron chi connectivity index (χ4n) is 3.14. The Labute approximate surface area is 136 Å². The van der Waals surface area contributed by atoms with Crippen molar-refractivity contribution in [2.24, 2.45) is 0 Å². The first-order valence-corrected chi connectivity index (χ1v) is 7.44. The van der Waals surface area contributed by atoms with Gasteiger partial charge in [0.1, 0.15) is 5.75 Å². The van der Waals surface area contributed by atoms with Crippen LogP contribution in [0.2, 0.25) is 5.02 Å². The average Bonchev–Trinajstić information content (AvgIpc) is 2.77. The van der Waals surface area contributed by atoms with Gasteiger partial charge in [-0.05, 0) is 37.5 Å². The molecule has 2 aliphatic rings. The summed E-state index contributed by atoms with van der Waals surface area (Å²) in [7, 11) is 1.56. The van der Waals surface area contributed by atoms with Crippen molar-refractivity contribution in [1.82, 2.24) is 10.2 Å². The fourth-order valence-corrected chi connectivity index (χ4v) is 3.30. The summed E-state index contributed by atoms with van der Waals surface area (Å²) in [4.78, 5) is 14.6. The van der Waals surface area contributed by atoms with Crippen LogP contribution in [0.5, 0.6) is 5.75 Å². The Bertz CT molecular complexity index is 524. The summed E-state index contributed by atoms with van der Waals surface area (Å²) in [6.07, 6.45) is 3.42. The van der Waals surface area contributed by atoms with Crippen LogP contribution in [0.15, 0.2) is 18.2 Å². The number of nitrogens with one attached hydrogen (secondary N) is 1. The molecule has 3 rings (SSSR count). The number of nitrogens with zero attached hydrogens (tertiary/aromatic N) is 1. The topological polar surface area (TPSA) is 41.6 Å². The minimum atomic E-state index is 0. The van der Waals surface area contributed by atoms with E-state index in [0.29, 0.717) is 28.4 Å². The summed E-state index contributed by atoms with van der Waals surface area (Å²) < 4.78 is 5.28. The molecule has 1 amide bonds. The van der Waals surface area contributed by atoms with Gasteiger partial charge in [-0.3, -0.25) is 4.79 Å². The smallest absolute Gasteiger partial charge is 0.257 e. The third-order valence-electron chi connectivity index (χ3n) is 4.20. The normalized spacial score (nSPS) is 24.2.